The number of phosphoric ester groups is 1. The van der Waals surface area contributed by atoms with Crippen molar-refractivity contribution in [3.05, 3.63) is 0 Å². The second kappa shape index (κ2) is 11.5. The third-order valence-electron chi connectivity index (χ3n) is 2.13. The summed E-state index contributed by atoms with van der Waals surface area (Å²) in [5.74, 6) is -1.63. The van der Waals surface area contributed by atoms with E-state index in [0.717, 1.165) is 0 Å². The lowest BCUT2D eigenvalue weighted by molar-refractivity contribution is -0.147. The summed E-state index contributed by atoms with van der Waals surface area (Å²) in [5, 5.41) is 59.9. The first-order valence-corrected chi connectivity index (χ1v) is 7.30. The van der Waals surface area contributed by atoms with Crippen LogP contribution in [-0.2, 0) is 18.7 Å². The third kappa shape index (κ3) is 11.2. The molecule has 0 heterocycles. The lowest BCUT2D eigenvalue weighted by Gasteiger charge is -2.22. The van der Waals surface area contributed by atoms with E-state index in [0.29, 0.717) is 0 Å². The Morgan fingerprint density at radius 3 is 1.74 bits per heavy atom. The van der Waals surface area contributed by atoms with Crippen molar-refractivity contribution in [1.29, 1.82) is 0 Å². The van der Waals surface area contributed by atoms with Gasteiger partial charge in [0, 0.05) is 0 Å². The number of carboxylic acid groups (broad SMARTS) is 1. The number of hydrogen-bond donors (Lipinski definition) is 9. The Labute approximate surface area is 129 Å². The van der Waals surface area contributed by atoms with E-state index in [2.05, 4.69) is 4.52 Å². The number of aliphatic hydroxyl groups excluding tert-OH is 6. The van der Waals surface area contributed by atoms with Crippen LogP contribution in [0.3, 0.4) is 0 Å². The zero-order chi connectivity index (χ0) is 18.8. The number of phosphoric acid groups is 1. The smallest absolute Gasteiger partial charge is 0.470 e. The molecule has 0 aromatic rings. The average molecular weight is 366 g/mol. The van der Waals surface area contributed by atoms with Crippen molar-refractivity contribution < 1.29 is 64.2 Å². The summed E-state index contributed by atoms with van der Waals surface area (Å²) in [4.78, 5) is 36.0. The second-order valence-electron chi connectivity index (χ2n) is 3.96. The molecule has 0 aromatic heterocycles. The Morgan fingerprint density at radius 2 is 1.52 bits per heavy atom. The Morgan fingerprint density at radius 1 is 1.04 bits per heavy atom. The molecule has 9 N–H and O–H groups in total. The molecule has 0 saturated carbocycles. The van der Waals surface area contributed by atoms with E-state index in [1.165, 1.54) is 0 Å². The van der Waals surface area contributed by atoms with Crippen LogP contribution < -0.4 is 0 Å². The monoisotopic (exact) mass is 366 g/mol. The number of aldehydes is 1. The molecule has 0 rings (SSSR count). The van der Waals surface area contributed by atoms with Crippen molar-refractivity contribution in [2.75, 3.05) is 13.2 Å². The van der Waals surface area contributed by atoms with E-state index in [1.54, 1.807) is 0 Å². The van der Waals surface area contributed by atoms with Crippen LogP contribution in [0.2, 0.25) is 0 Å². The molecular formula is C9H19O13P. The third-order valence-corrected chi connectivity index (χ3v) is 2.66. The number of aliphatic hydroxyl groups is 6. The Bertz CT molecular complexity index is 395. The van der Waals surface area contributed by atoms with Crippen molar-refractivity contribution in [2.45, 2.75) is 30.5 Å². The molecule has 23 heavy (non-hydrogen) atoms. The number of aliphatic carboxylic acids is 1. The average Bonchev–Trinajstić information content (AvgIpc) is 2.48. The van der Waals surface area contributed by atoms with Crippen molar-refractivity contribution in [1.82, 2.24) is 0 Å². The summed E-state index contributed by atoms with van der Waals surface area (Å²) in [5.41, 5.74) is 0. The number of carboxylic acids is 1. The van der Waals surface area contributed by atoms with E-state index in [4.69, 9.17) is 45.5 Å². The maximum atomic E-state index is 10.0. The lowest BCUT2D eigenvalue weighted by Crippen LogP contribution is -2.46. The standard InChI is InChI=1S/C6H12O6.C3H7O7P/c7-1-3(9)5(11)6(12)4(10)2-8;4-1-2(3(5)6)10-11(7,8)9/h1,3-6,8-12H,2H2;2,4H,1H2,(H,5,6)(H2,7,8,9)/t3-,4+,5+,6+;/m0./s1. The number of carbonyl (C=O) groups is 2. The molecule has 0 spiro atoms. The molecule has 14 heteroatoms. The zero-order valence-electron chi connectivity index (χ0n) is 11.5. The summed E-state index contributed by atoms with van der Waals surface area (Å²) < 4.78 is 13.7. The van der Waals surface area contributed by atoms with Crippen LogP contribution in [0.15, 0.2) is 0 Å². The summed E-state index contributed by atoms with van der Waals surface area (Å²) in [6.45, 7) is -1.75. The largest absolute Gasteiger partial charge is 0.479 e. The van der Waals surface area contributed by atoms with Gasteiger partial charge >= 0.3 is 13.8 Å². The van der Waals surface area contributed by atoms with Crippen LogP contribution in [0.1, 0.15) is 0 Å². The van der Waals surface area contributed by atoms with E-state index in [1.807, 2.05) is 0 Å². The minimum atomic E-state index is -4.83. The molecule has 0 aliphatic carbocycles. The highest BCUT2D eigenvalue weighted by Crippen LogP contribution is 2.37. The van der Waals surface area contributed by atoms with Gasteiger partial charge in [0.05, 0.1) is 13.2 Å². The van der Waals surface area contributed by atoms with Crippen molar-refractivity contribution in [2.24, 2.45) is 0 Å². The fraction of sp³-hybridized carbons (Fsp3) is 0.778. The highest BCUT2D eigenvalue weighted by Gasteiger charge is 2.29. The van der Waals surface area contributed by atoms with Gasteiger partial charge in [0.25, 0.3) is 0 Å². The van der Waals surface area contributed by atoms with Gasteiger partial charge in [-0.2, -0.15) is 0 Å². The SMILES string of the molecule is O=C(O)C(CO)OP(=O)(O)O.O=C[C@H](O)[C@@H](O)[C@H](O)[C@H](O)CO. The van der Waals surface area contributed by atoms with Gasteiger partial charge in [-0.25, -0.2) is 9.36 Å². The molecule has 0 aromatic carbocycles. The fourth-order valence-corrected chi connectivity index (χ4v) is 1.43. The van der Waals surface area contributed by atoms with Gasteiger partial charge in [-0.3, -0.25) is 4.52 Å². The van der Waals surface area contributed by atoms with E-state index < -0.39 is 57.5 Å². The zero-order valence-corrected chi connectivity index (χ0v) is 12.4. The summed E-state index contributed by atoms with van der Waals surface area (Å²) >= 11 is 0. The molecular weight excluding hydrogens is 347 g/mol. The van der Waals surface area contributed by atoms with E-state index in [9.17, 15) is 14.2 Å². The van der Waals surface area contributed by atoms with Crippen LogP contribution in [0.4, 0.5) is 0 Å². The van der Waals surface area contributed by atoms with Crippen molar-refractivity contribution in [3.8, 4) is 0 Å². The molecule has 13 nitrogen and oxygen atoms in total. The topological polar surface area (TPSA) is 243 Å². The quantitative estimate of drug-likeness (QED) is 0.137. The molecule has 0 aliphatic heterocycles. The van der Waals surface area contributed by atoms with Crippen LogP contribution in [0.25, 0.3) is 0 Å². The highest BCUT2D eigenvalue weighted by atomic mass is 31.2. The molecule has 0 fully saturated rings. The minimum absolute atomic E-state index is 0.0258. The van der Waals surface area contributed by atoms with Gasteiger partial charge in [0.1, 0.15) is 24.4 Å². The summed E-state index contributed by atoms with van der Waals surface area (Å²) in [7, 11) is -4.83. The Hall–Kier alpha value is -0.990. The van der Waals surface area contributed by atoms with Gasteiger partial charge in [-0.05, 0) is 0 Å². The predicted molar refractivity (Wildman–Crippen MR) is 68.8 cm³/mol. The molecule has 0 amide bonds. The maximum absolute atomic E-state index is 10.0. The van der Waals surface area contributed by atoms with Crippen LogP contribution >= 0.6 is 7.82 Å². The predicted octanol–water partition coefficient (Wildman–Crippen LogP) is -4.84. The van der Waals surface area contributed by atoms with Gasteiger partial charge in [0.15, 0.2) is 12.4 Å². The van der Waals surface area contributed by atoms with Gasteiger partial charge in [-0.1, -0.05) is 0 Å². The first-order valence-electron chi connectivity index (χ1n) is 5.77. The maximum Gasteiger partial charge on any atom is 0.470 e. The first kappa shape index (κ1) is 24.3. The number of carbonyl (C=O) groups excluding carboxylic acids is 1. The van der Waals surface area contributed by atoms with Crippen LogP contribution in [-0.4, -0.2) is 102 Å². The molecule has 0 bridgehead atoms. The van der Waals surface area contributed by atoms with Gasteiger partial charge < -0.3 is 50.3 Å². The molecule has 0 saturated heterocycles. The normalized spacial score (nSPS) is 17.9. The number of hydrogen-bond acceptors (Lipinski definition) is 10. The second-order valence-corrected chi connectivity index (χ2v) is 5.16. The first-order chi connectivity index (χ1) is 10.4. The highest BCUT2D eigenvalue weighted by molar-refractivity contribution is 7.46. The summed E-state index contributed by atoms with van der Waals surface area (Å²) in [6, 6.07) is 0. The molecule has 5 atom stereocenters. The minimum Gasteiger partial charge on any atom is -0.479 e. The van der Waals surface area contributed by atoms with Gasteiger partial charge in [0.2, 0.25) is 0 Å². The Balaban J connectivity index is 0. The van der Waals surface area contributed by atoms with Crippen LogP contribution in [0, 0.1) is 0 Å². The van der Waals surface area contributed by atoms with Gasteiger partial charge in [-0.15, -0.1) is 0 Å². The van der Waals surface area contributed by atoms with Crippen molar-refractivity contribution in [3.63, 3.8) is 0 Å². The molecule has 0 aliphatic rings. The fourth-order valence-electron chi connectivity index (χ4n) is 0.940. The van der Waals surface area contributed by atoms with Crippen molar-refractivity contribution >= 4 is 20.1 Å². The van der Waals surface area contributed by atoms with E-state index >= 15 is 0 Å². The number of rotatable bonds is 9. The molecule has 1 unspecified atom stereocenters. The summed E-state index contributed by atoms with van der Waals surface area (Å²) in [6.07, 6.45) is -8.72. The molecule has 0 radical (unpaired) electrons. The Kier molecular flexibility index (Phi) is 12.2. The molecule has 138 valence electrons. The van der Waals surface area contributed by atoms with E-state index in [-0.39, 0.29) is 6.29 Å². The van der Waals surface area contributed by atoms with Crippen LogP contribution in [0.5, 0.6) is 0 Å². The lowest BCUT2D eigenvalue weighted by atomic mass is 10.0.